The first-order valence-electron chi connectivity index (χ1n) is 10.0. The van der Waals surface area contributed by atoms with Gasteiger partial charge in [-0.1, -0.05) is 66.7 Å². The van der Waals surface area contributed by atoms with Crippen LogP contribution in [-0.4, -0.2) is 26.7 Å². The van der Waals surface area contributed by atoms with Crippen LogP contribution >= 0.6 is 0 Å². The number of rotatable bonds is 11. The fourth-order valence-corrected chi connectivity index (χ4v) is 3.55. The minimum atomic E-state index is -1.04. The predicted octanol–water partition coefficient (Wildman–Crippen LogP) is 4.26. The van der Waals surface area contributed by atoms with Crippen molar-refractivity contribution in [3.63, 3.8) is 0 Å². The van der Waals surface area contributed by atoms with E-state index >= 15 is 0 Å². The number of benzene rings is 2. The summed E-state index contributed by atoms with van der Waals surface area (Å²) in [5.74, 6) is 4.06. The number of unbranched alkanes of at least 4 members (excludes halogenated alkanes) is 1. The van der Waals surface area contributed by atoms with E-state index < -0.39 is 12.1 Å². The molecule has 2 aromatic carbocycles. The lowest BCUT2D eigenvalue weighted by molar-refractivity contribution is -0.151. The molecule has 0 amide bonds. The first-order chi connectivity index (χ1) is 14.7. The minimum Gasteiger partial charge on any atom is -0.479 e. The highest BCUT2D eigenvalue weighted by Crippen LogP contribution is 2.31. The Hall–Kier alpha value is -3.22. The van der Waals surface area contributed by atoms with E-state index in [-0.39, 0.29) is 6.04 Å². The van der Waals surface area contributed by atoms with Gasteiger partial charge in [0.05, 0.1) is 12.4 Å². The van der Waals surface area contributed by atoms with Crippen molar-refractivity contribution in [3.8, 4) is 0 Å². The van der Waals surface area contributed by atoms with Crippen LogP contribution in [0.3, 0.4) is 0 Å². The SMILES string of the molecule is NOC(CCC/C=C(\c1ccccc1)C(Cc1ccccc1)n1ccnc1)C(=O)O. The minimum absolute atomic E-state index is 0.0679. The Labute approximate surface area is 176 Å². The van der Waals surface area contributed by atoms with Gasteiger partial charge < -0.3 is 9.67 Å². The average Bonchev–Trinajstić information content (AvgIpc) is 3.31. The Morgan fingerprint density at radius 3 is 2.43 bits per heavy atom. The van der Waals surface area contributed by atoms with Gasteiger partial charge in [-0.05, 0) is 42.4 Å². The number of aromatic nitrogens is 2. The van der Waals surface area contributed by atoms with E-state index in [2.05, 4.69) is 44.7 Å². The van der Waals surface area contributed by atoms with Crippen LogP contribution in [0.1, 0.15) is 36.4 Å². The van der Waals surface area contributed by atoms with Gasteiger partial charge in [0.1, 0.15) is 0 Å². The molecule has 0 saturated carbocycles. The van der Waals surface area contributed by atoms with Crippen LogP contribution in [0.5, 0.6) is 0 Å². The van der Waals surface area contributed by atoms with Crippen molar-refractivity contribution >= 4 is 11.5 Å². The van der Waals surface area contributed by atoms with Crippen molar-refractivity contribution < 1.29 is 14.7 Å². The molecule has 6 nitrogen and oxygen atoms in total. The summed E-state index contributed by atoms with van der Waals surface area (Å²) in [7, 11) is 0. The van der Waals surface area contributed by atoms with Gasteiger partial charge in [0.2, 0.25) is 0 Å². The van der Waals surface area contributed by atoms with Gasteiger partial charge in [0.15, 0.2) is 6.10 Å². The molecular weight excluding hydrogens is 378 g/mol. The molecule has 0 bridgehead atoms. The molecule has 3 aromatic rings. The lowest BCUT2D eigenvalue weighted by Crippen LogP contribution is -2.26. The zero-order valence-electron chi connectivity index (χ0n) is 16.8. The number of hydrogen-bond acceptors (Lipinski definition) is 4. The second-order valence-corrected chi connectivity index (χ2v) is 7.13. The first kappa shape index (κ1) is 21.5. The van der Waals surface area contributed by atoms with Crippen molar-refractivity contribution in [2.75, 3.05) is 0 Å². The first-order valence-corrected chi connectivity index (χ1v) is 10.0. The summed E-state index contributed by atoms with van der Waals surface area (Å²) in [6, 6.07) is 20.7. The summed E-state index contributed by atoms with van der Waals surface area (Å²) in [6.07, 6.45) is 9.38. The molecule has 30 heavy (non-hydrogen) atoms. The number of imidazole rings is 1. The summed E-state index contributed by atoms with van der Waals surface area (Å²) in [5.41, 5.74) is 3.55. The summed E-state index contributed by atoms with van der Waals surface area (Å²) < 4.78 is 2.12. The number of hydrogen-bond donors (Lipinski definition) is 2. The van der Waals surface area contributed by atoms with Crippen molar-refractivity contribution in [2.45, 2.75) is 37.8 Å². The molecule has 1 aromatic heterocycles. The van der Waals surface area contributed by atoms with E-state index in [1.54, 1.807) is 6.20 Å². The molecule has 0 aliphatic carbocycles. The maximum absolute atomic E-state index is 11.1. The molecule has 0 spiro atoms. The Bertz CT molecular complexity index is 925. The molecule has 6 heteroatoms. The molecule has 2 atom stereocenters. The lowest BCUT2D eigenvalue weighted by Gasteiger charge is -2.23. The van der Waals surface area contributed by atoms with Gasteiger partial charge in [-0.3, -0.25) is 4.84 Å². The number of nitrogens with zero attached hydrogens (tertiary/aromatic N) is 2. The third kappa shape index (κ3) is 5.89. The van der Waals surface area contributed by atoms with Crippen LogP contribution in [0, 0.1) is 0 Å². The van der Waals surface area contributed by atoms with Crippen LogP contribution in [-0.2, 0) is 16.1 Å². The monoisotopic (exact) mass is 405 g/mol. The van der Waals surface area contributed by atoms with E-state index in [0.29, 0.717) is 12.8 Å². The van der Waals surface area contributed by atoms with Gasteiger partial charge >= 0.3 is 5.97 Å². The number of carbonyl (C=O) groups is 1. The van der Waals surface area contributed by atoms with E-state index in [9.17, 15) is 4.79 Å². The predicted molar refractivity (Wildman–Crippen MR) is 116 cm³/mol. The zero-order chi connectivity index (χ0) is 21.2. The van der Waals surface area contributed by atoms with Crippen molar-refractivity contribution in [3.05, 3.63) is 96.6 Å². The van der Waals surface area contributed by atoms with E-state index in [1.165, 1.54) is 11.1 Å². The highest BCUT2D eigenvalue weighted by atomic mass is 16.6. The normalized spacial score (nSPS) is 13.7. The highest BCUT2D eigenvalue weighted by molar-refractivity contribution is 5.72. The van der Waals surface area contributed by atoms with Crippen molar-refractivity contribution in [1.29, 1.82) is 0 Å². The molecular formula is C24H27N3O3. The fraction of sp³-hybridized carbons (Fsp3) is 0.250. The van der Waals surface area contributed by atoms with Crippen LogP contribution < -0.4 is 5.90 Å². The Kier molecular flexibility index (Phi) is 7.94. The van der Waals surface area contributed by atoms with Crippen molar-refractivity contribution in [1.82, 2.24) is 9.55 Å². The summed E-state index contributed by atoms with van der Waals surface area (Å²) >= 11 is 0. The van der Waals surface area contributed by atoms with E-state index in [0.717, 1.165) is 18.4 Å². The van der Waals surface area contributed by atoms with Gasteiger partial charge in [-0.15, -0.1) is 0 Å². The quantitative estimate of drug-likeness (QED) is 0.367. The molecule has 0 aliphatic rings. The third-order valence-corrected chi connectivity index (χ3v) is 5.10. The molecule has 0 radical (unpaired) electrons. The van der Waals surface area contributed by atoms with Gasteiger partial charge in [0.25, 0.3) is 0 Å². The number of nitrogens with two attached hydrogens (primary N) is 1. The molecule has 0 aliphatic heterocycles. The number of aliphatic carboxylic acids is 1. The third-order valence-electron chi connectivity index (χ3n) is 5.10. The molecule has 0 fully saturated rings. The molecule has 156 valence electrons. The van der Waals surface area contributed by atoms with Crippen LogP contribution in [0.4, 0.5) is 0 Å². The number of carboxylic acid groups (broad SMARTS) is 1. The maximum Gasteiger partial charge on any atom is 0.334 e. The Morgan fingerprint density at radius 1 is 1.13 bits per heavy atom. The van der Waals surface area contributed by atoms with Gasteiger partial charge in [0, 0.05) is 12.4 Å². The maximum atomic E-state index is 11.1. The summed E-state index contributed by atoms with van der Waals surface area (Å²) in [4.78, 5) is 19.9. The summed E-state index contributed by atoms with van der Waals surface area (Å²) in [6.45, 7) is 0. The standard InChI is InChI=1S/C24H27N3O3/c25-30-23(24(28)29)14-8-7-13-21(20-11-5-2-6-12-20)22(27-16-15-26-18-27)17-19-9-3-1-4-10-19/h1-6,9-13,15-16,18,22-23H,7-8,14,17,25H2,(H,28,29)/b21-13+. The smallest absolute Gasteiger partial charge is 0.334 e. The number of carboxylic acids is 1. The number of allylic oxidation sites excluding steroid dienone is 2. The largest absolute Gasteiger partial charge is 0.479 e. The Morgan fingerprint density at radius 2 is 1.83 bits per heavy atom. The summed E-state index contributed by atoms with van der Waals surface area (Å²) in [5, 5.41) is 9.11. The second-order valence-electron chi connectivity index (χ2n) is 7.13. The highest BCUT2D eigenvalue weighted by Gasteiger charge is 2.19. The van der Waals surface area contributed by atoms with Gasteiger partial charge in [-0.25, -0.2) is 15.7 Å². The zero-order valence-corrected chi connectivity index (χ0v) is 16.8. The van der Waals surface area contributed by atoms with Crippen molar-refractivity contribution in [2.24, 2.45) is 5.90 Å². The van der Waals surface area contributed by atoms with E-state index in [1.807, 2.05) is 48.9 Å². The molecule has 2 unspecified atom stereocenters. The van der Waals surface area contributed by atoms with Crippen LogP contribution in [0.15, 0.2) is 85.5 Å². The Balaban J connectivity index is 1.87. The molecule has 3 rings (SSSR count). The topological polar surface area (TPSA) is 90.4 Å². The van der Waals surface area contributed by atoms with Crippen LogP contribution in [0.25, 0.3) is 5.57 Å². The average molecular weight is 405 g/mol. The lowest BCUT2D eigenvalue weighted by atomic mass is 9.91. The van der Waals surface area contributed by atoms with E-state index in [4.69, 9.17) is 11.0 Å². The second kappa shape index (κ2) is 11.1. The molecule has 0 saturated heterocycles. The molecule has 1 heterocycles. The molecule has 3 N–H and O–H groups in total. The van der Waals surface area contributed by atoms with Gasteiger partial charge in [-0.2, -0.15) is 0 Å². The fourth-order valence-electron chi connectivity index (χ4n) is 3.55. The van der Waals surface area contributed by atoms with Crippen LogP contribution in [0.2, 0.25) is 0 Å².